The van der Waals surface area contributed by atoms with Gasteiger partial charge in [-0.15, -0.1) is 18.3 Å². The Morgan fingerprint density at radius 1 is 1.07 bits per heavy atom. The number of benzene rings is 3. The van der Waals surface area contributed by atoms with Gasteiger partial charge in [0.05, 0.1) is 23.7 Å². The molecule has 4 aromatic rings. The Kier molecular flexibility index (Phi) is 9.52. The van der Waals surface area contributed by atoms with E-state index in [-0.39, 0.29) is 34.9 Å². The lowest BCUT2D eigenvalue weighted by Crippen LogP contribution is -2.31. The molecule has 11 nitrogen and oxygen atoms in total. The van der Waals surface area contributed by atoms with Gasteiger partial charge in [-0.1, -0.05) is 23.9 Å². The number of hydrogen-bond donors (Lipinski definition) is 1. The Labute approximate surface area is 262 Å². The molecule has 3 aromatic carbocycles. The van der Waals surface area contributed by atoms with E-state index in [1.54, 1.807) is 12.1 Å². The van der Waals surface area contributed by atoms with Crippen LogP contribution in [0.3, 0.4) is 0 Å². The molecule has 1 aliphatic heterocycles. The molecule has 1 N–H and O–H groups in total. The molecule has 0 spiro atoms. The number of carbonyl (C=O) groups excluding carboxylic acids is 2. The number of alkyl halides is 3. The van der Waals surface area contributed by atoms with Gasteiger partial charge in [0, 0.05) is 30.5 Å². The van der Waals surface area contributed by atoms with E-state index in [2.05, 4.69) is 25.1 Å². The third-order valence-electron chi connectivity index (χ3n) is 6.21. The fourth-order valence-electron chi connectivity index (χ4n) is 4.27. The standard InChI is InChI=1S/C29H23F5N6O5S/c1-16-3-4-17(12-43-2)23(9-16)40-25(41)14-46-28(40)37-27(42)36-18-10-21(30)26(22(31)11-18)44-13-24-35-15-39(38-24)19-5-7-20(8-6-19)45-29(32,33)34/h3-11,15H,12-14H2,1-2H3,(H,36,42)/b37-28-. The quantitative estimate of drug-likeness (QED) is 0.212. The van der Waals surface area contributed by atoms with Crippen LogP contribution in [-0.2, 0) is 22.7 Å². The number of ether oxygens (including phenoxy) is 3. The average Bonchev–Trinajstić information content (AvgIpc) is 3.59. The zero-order valence-electron chi connectivity index (χ0n) is 24.0. The molecule has 2 heterocycles. The highest BCUT2D eigenvalue weighted by Crippen LogP contribution is 2.32. The molecule has 3 amide bonds. The van der Waals surface area contributed by atoms with Crippen molar-refractivity contribution >= 4 is 40.2 Å². The van der Waals surface area contributed by atoms with Crippen LogP contribution in [0, 0.1) is 18.6 Å². The number of halogens is 5. The molecule has 240 valence electrons. The molecule has 0 bridgehead atoms. The van der Waals surface area contributed by atoms with Crippen LogP contribution in [0.15, 0.2) is 65.9 Å². The number of urea groups is 1. The summed E-state index contributed by atoms with van der Waals surface area (Å²) in [7, 11) is 1.51. The highest BCUT2D eigenvalue weighted by atomic mass is 32.2. The van der Waals surface area contributed by atoms with Gasteiger partial charge < -0.3 is 19.5 Å². The van der Waals surface area contributed by atoms with Crippen molar-refractivity contribution in [2.24, 2.45) is 4.99 Å². The second kappa shape index (κ2) is 13.5. The van der Waals surface area contributed by atoms with Crippen molar-refractivity contribution in [1.82, 2.24) is 14.8 Å². The van der Waals surface area contributed by atoms with Gasteiger partial charge in [0.2, 0.25) is 5.91 Å². The molecule has 1 fully saturated rings. The van der Waals surface area contributed by atoms with Gasteiger partial charge >= 0.3 is 12.4 Å². The van der Waals surface area contributed by atoms with Crippen LogP contribution in [0.2, 0.25) is 0 Å². The largest absolute Gasteiger partial charge is 0.573 e. The maximum atomic E-state index is 14.8. The first kappa shape index (κ1) is 32.4. The first-order valence-corrected chi connectivity index (χ1v) is 14.2. The summed E-state index contributed by atoms with van der Waals surface area (Å²) in [5, 5.41) is 6.46. The summed E-state index contributed by atoms with van der Waals surface area (Å²) in [5.74, 6) is -3.71. The topological polar surface area (TPSA) is 120 Å². The lowest BCUT2D eigenvalue weighted by molar-refractivity contribution is -0.274. The maximum absolute atomic E-state index is 14.8. The first-order valence-electron chi connectivity index (χ1n) is 13.2. The van der Waals surface area contributed by atoms with Crippen LogP contribution in [-0.4, -0.2) is 51.1 Å². The molecule has 1 saturated heterocycles. The van der Waals surface area contributed by atoms with E-state index < -0.39 is 42.1 Å². The number of amides is 3. The van der Waals surface area contributed by atoms with Crippen molar-refractivity contribution in [2.75, 3.05) is 23.1 Å². The third kappa shape index (κ3) is 7.78. The van der Waals surface area contributed by atoms with E-state index in [1.165, 1.54) is 35.2 Å². The number of hydrogen-bond acceptors (Lipinski definition) is 8. The summed E-state index contributed by atoms with van der Waals surface area (Å²) in [6.45, 7) is 1.60. The van der Waals surface area contributed by atoms with E-state index in [0.717, 1.165) is 41.6 Å². The number of carbonyl (C=O) groups is 2. The van der Waals surface area contributed by atoms with Crippen molar-refractivity contribution in [2.45, 2.75) is 26.5 Å². The molecular weight excluding hydrogens is 639 g/mol. The summed E-state index contributed by atoms with van der Waals surface area (Å²) in [4.78, 5) is 34.7. The minimum Gasteiger partial charge on any atom is -0.479 e. The SMILES string of the molecule is COCc1ccc(C)cc1N1C(=O)CS/C1=N\C(=O)Nc1cc(F)c(OCc2ncn(-c3ccc(OC(F)(F)F)cc3)n2)c(F)c1. The van der Waals surface area contributed by atoms with Crippen LogP contribution >= 0.6 is 11.8 Å². The Balaban J connectivity index is 1.24. The number of nitrogens with zero attached hydrogens (tertiary/aromatic N) is 5. The lowest BCUT2D eigenvalue weighted by Gasteiger charge is -2.20. The van der Waals surface area contributed by atoms with E-state index in [1.807, 2.05) is 13.0 Å². The number of aryl methyl sites for hydroxylation is 1. The number of nitrogens with one attached hydrogen (secondary N) is 1. The van der Waals surface area contributed by atoms with Gasteiger partial charge in [-0.05, 0) is 42.8 Å². The summed E-state index contributed by atoms with van der Waals surface area (Å²) in [6, 6.07) is 10.9. The maximum Gasteiger partial charge on any atom is 0.573 e. The molecule has 0 radical (unpaired) electrons. The predicted octanol–water partition coefficient (Wildman–Crippen LogP) is 6.15. The predicted molar refractivity (Wildman–Crippen MR) is 157 cm³/mol. The Morgan fingerprint density at radius 2 is 1.78 bits per heavy atom. The minimum absolute atomic E-state index is 0.0121. The van der Waals surface area contributed by atoms with E-state index in [0.29, 0.717) is 16.9 Å². The highest BCUT2D eigenvalue weighted by molar-refractivity contribution is 8.15. The number of thioether (sulfide) groups is 1. The van der Waals surface area contributed by atoms with Crippen LogP contribution in [0.5, 0.6) is 11.5 Å². The van der Waals surface area contributed by atoms with E-state index in [4.69, 9.17) is 9.47 Å². The normalized spacial score (nSPS) is 14.2. The van der Waals surface area contributed by atoms with E-state index >= 15 is 0 Å². The molecule has 17 heteroatoms. The fraction of sp³-hybridized carbons (Fsp3) is 0.207. The summed E-state index contributed by atoms with van der Waals surface area (Å²) >= 11 is 1.04. The van der Waals surface area contributed by atoms with Crippen LogP contribution < -0.4 is 19.7 Å². The van der Waals surface area contributed by atoms with Gasteiger partial charge in [-0.2, -0.15) is 4.99 Å². The molecule has 0 unspecified atom stereocenters. The second-order valence-corrected chi connectivity index (χ2v) is 10.6. The van der Waals surface area contributed by atoms with Crippen molar-refractivity contribution in [3.63, 3.8) is 0 Å². The number of rotatable bonds is 9. The summed E-state index contributed by atoms with van der Waals surface area (Å²) < 4.78 is 82.2. The molecule has 1 aromatic heterocycles. The molecule has 46 heavy (non-hydrogen) atoms. The number of aliphatic imine (C=N–C) groups is 1. The summed E-state index contributed by atoms with van der Waals surface area (Å²) in [5.41, 5.74) is 2.16. The number of anilines is 2. The van der Waals surface area contributed by atoms with Crippen LogP contribution in [0.25, 0.3) is 5.69 Å². The van der Waals surface area contributed by atoms with E-state index in [9.17, 15) is 31.5 Å². The lowest BCUT2D eigenvalue weighted by atomic mass is 10.1. The molecule has 0 atom stereocenters. The van der Waals surface area contributed by atoms with Crippen molar-refractivity contribution in [3.05, 3.63) is 89.5 Å². The molecule has 0 aliphatic carbocycles. The smallest absolute Gasteiger partial charge is 0.479 e. The van der Waals surface area contributed by atoms with Crippen molar-refractivity contribution in [1.29, 1.82) is 0 Å². The van der Waals surface area contributed by atoms with Crippen molar-refractivity contribution < 1.29 is 45.8 Å². The summed E-state index contributed by atoms with van der Waals surface area (Å²) in [6.07, 6.45) is -3.60. The average molecular weight is 663 g/mol. The Hall–Kier alpha value is -5.03. The zero-order chi connectivity index (χ0) is 33.0. The van der Waals surface area contributed by atoms with Crippen molar-refractivity contribution in [3.8, 4) is 17.2 Å². The Morgan fingerprint density at radius 3 is 2.46 bits per heavy atom. The highest BCUT2D eigenvalue weighted by Gasteiger charge is 2.32. The zero-order valence-corrected chi connectivity index (χ0v) is 24.8. The third-order valence-corrected chi connectivity index (χ3v) is 7.14. The molecule has 1 aliphatic rings. The van der Waals surface area contributed by atoms with Gasteiger partial charge in [-0.3, -0.25) is 9.69 Å². The minimum atomic E-state index is -4.84. The fourth-order valence-corrected chi connectivity index (χ4v) is 5.13. The van der Waals surface area contributed by atoms with Gasteiger partial charge in [0.25, 0.3) is 0 Å². The van der Waals surface area contributed by atoms with Gasteiger partial charge in [0.1, 0.15) is 18.7 Å². The first-order chi connectivity index (χ1) is 21.9. The molecule has 0 saturated carbocycles. The number of amidine groups is 1. The number of methoxy groups -OCH3 is 1. The van der Waals surface area contributed by atoms with Gasteiger partial charge in [-0.25, -0.2) is 23.2 Å². The second-order valence-electron chi connectivity index (χ2n) is 9.61. The van der Waals surface area contributed by atoms with Crippen LogP contribution in [0.1, 0.15) is 17.0 Å². The monoisotopic (exact) mass is 662 g/mol. The van der Waals surface area contributed by atoms with Crippen LogP contribution in [0.4, 0.5) is 38.1 Å². The Bertz CT molecular complexity index is 1770. The molecule has 5 rings (SSSR count). The molecular formula is C29H23F5N6O5S. The number of aromatic nitrogens is 3. The van der Waals surface area contributed by atoms with Gasteiger partial charge in [0.15, 0.2) is 28.4 Å².